The van der Waals surface area contributed by atoms with Gasteiger partial charge in [0.25, 0.3) is 0 Å². The van der Waals surface area contributed by atoms with E-state index in [-0.39, 0.29) is 12.6 Å². The third kappa shape index (κ3) is 2.88. The second kappa shape index (κ2) is 5.81. The number of nitrogens with zero attached hydrogens (tertiary/aromatic N) is 2. The Hall–Kier alpha value is -0.950. The smallest absolute Gasteiger partial charge is 0.243 e. The van der Waals surface area contributed by atoms with E-state index in [0.29, 0.717) is 22.6 Å². The monoisotopic (exact) mass is 298 g/mol. The molecule has 5 nitrogen and oxygen atoms in total. The van der Waals surface area contributed by atoms with Crippen molar-refractivity contribution in [2.45, 2.75) is 31.4 Å². The van der Waals surface area contributed by atoms with Crippen molar-refractivity contribution in [3.63, 3.8) is 0 Å². The van der Waals surface area contributed by atoms with Crippen molar-refractivity contribution in [2.75, 3.05) is 26.7 Å². The standard InChI is InChI=1S/C14H22N2O3S/c1-11-4-5-13(10-17)8-14(11)20(18,19)16-7-6-15(3)9-12(16)2/h4-5,8,12,17H,6-7,9-10H2,1-3H3. The molecule has 20 heavy (non-hydrogen) atoms. The molecule has 6 heteroatoms. The van der Waals surface area contributed by atoms with Crippen LogP contribution in [0.15, 0.2) is 23.1 Å². The molecule has 0 bridgehead atoms. The van der Waals surface area contributed by atoms with E-state index in [2.05, 4.69) is 4.90 Å². The summed E-state index contributed by atoms with van der Waals surface area (Å²) in [7, 11) is -1.50. The Morgan fingerprint density at radius 1 is 1.35 bits per heavy atom. The molecule has 2 rings (SSSR count). The number of hydrogen-bond acceptors (Lipinski definition) is 4. The van der Waals surface area contributed by atoms with Crippen LogP contribution in [0.2, 0.25) is 0 Å². The Morgan fingerprint density at radius 3 is 2.65 bits per heavy atom. The van der Waals surface area contributed by atoms with E-state index in [0.717, 1.165) is 13.1 Å². The highest BCUT2D eigenvalue weighted by atomic mass is 32.2. The molecular formula is C14H22N2O3S. The van der Waals surface area contributed by atoms with Crippen molar-refractivity contribution in [3.05, 3.63) is 29.3 Å². The van der Waals surface area contributed by atoms with Crippen molar-refractivity contribution in [3.8, 4) is 0 Å². The summed E-state index contributed by atoms with van der Waals surface area (Å²) in [6, 6.07) is 5.03. The first kappa shape index (κ1) is 15.4. The average Bonchev–Trinajstić information content (AvgIpc) is 2.38. The molecule has 0 saturated carbocycles. The van der Waals surface area contributed by atoms with Gasteiger partial charge in [0.05, 0.1) is 11.5 Å². The summed E-state index contributed by atoms with van der Waals surface area (Å²) in [6.07, 6.45) is 0. The Kier molecular flexibility index (Phi) is 4.49. The van der Waals surface area contributed by atoms with Gasteiger partial charge in [-0.1, -0.05) is 12.1 Å². The van der Waals surface area contributed by atoms with Crippen molar-refractivity contribution in [2.24, 2.45) is 0 Å². The van der Waals surface area contributed by atoms with E-state index in [1.54, 1.807) is 29.4 Å². The van der Waals surface area contributed by atoms with E-state index < -0.39 is 10.0 Å². The predicted molar refractivity (Wildman–Crippen MR) is 78.0 cm³/mol. The number of benzene rings is 1. The summed E-state index contributed by atoms with van der Waals surface area (Å²) in [5, 5.41) is 9.20. The number of aliphatic hydroxyl groups excluding tert-OH is 1. The normalized spacial score (nSPS) is 22.1. The molecule has 1 aliphatic rings. The van der Waals surface area contributed by atoms with Gasteiger partial charge in [0.15, 0.2) is 0 Å². The number of aliphatic hydroxyl groups is 1. The fraction of sp³-hybridized carbons (Fsp3) is 0.571. The van der Waals surface area contributed by atoms with Gasteiger partial charge in [-0.2, -0.15) is 4.31 Å². The van der Waals surface area contributed by atoms with Gasteiger partial charge in [0, 0.05) is 25.7 Å². The molecular weight excluding hydrogens is 276 g/mol. The molecule has 1 N–H and O–H groups in total. The van der Waals surface area contributed by atoms with E-state index >= 15 is 0 Å². The van der Waals surface area contributed by atoms with Crippen molar-refractivity contribution >= 4 is 10.0 Å². The van der Waals surface area contributed by atoms with Crippen molar-refractivity contribution in [1.29, 1.82) is 0 Å². The van der Waals surface area contributed by atoms with Gasteiger partial charge in [-0.3, -0.25) is 0 Å². The number of likely N-dealkylation sites (N-methyl/N-ethyl adjacent to an activating group) is 1. The SMILES string of the molecule is Cc1ccc(CO)cc1S(=O)(=O)N1CCN(C)CC1C. The largest absolute Gasteiger partial charge is 0.392 e. The minimum atomic E-state index is -3.50. The highest BCUT2D eigenvalue weighted by Gasteiger charge is 2.33. The lowest BCUT2D eigenvalue weighted by Crippen LogP contribution is -2.52. The van der Waals surface area contributed by atoms with Gasteiger partial charge in [-0.15, -0.1) is 0 Å². The zero-order valence-electron chi connectivity index (χ0n) is 12.2. The number of rotatable bonds is 3. The molecule has 0 spiro atoms. The fourth-order valence-corrected chi connectivity index (χ4v) is 4.52. The van der Waals surface area contributed by atoms with Crippen LogP contribution in [0.4, 0.5) is 0 Å². The molecule has 0 aromatic heterocycles. The van der Waals surface area contributed by atoms with E-state index in [4.69, 9.17) is 0 Å². The highest BCUT2D eigenvalue weighted by Crippen LogP contribution is 2.24. The molecule has 1 unspecified atom stereocenters. The van der Waals surface area contributed by atoms with Crippen LogP contribution in [0.1, 0.15) is 18.1 Å². The first-order valence-corrected chi connectivity index (χ1v) is 8.21. The third-order valence-corrected chi connectivity index (χ3v) is 5.95. The molecule has 1 aromatic rings. The average molecular weight is 298 g/mol. The minimum Gasteiger partial charge on any atom is -0.392 e. The summed E-state index contributed by atoms with van der Waals surface area (Å²) in [4.78, 5) is 2.44. The van der Waals surface area contributed by atoms with Gasteiger partial charge >= 0.3 is 0 Å². The third-order valence-electron chi connectivity index (χ3n) is 3.79. The number of hydrogen-bond donors (Lipinski definition) is 1. The maximum atomic E-state index is 12.8. The van der Waals surface area contributed by atoms with Crippen LogP contribution in [0.3, 0.4) is 0 Å². The van der Waals surface area contributed by atoms with Crippen molar-refractivity contribution in [1.82, 2.24) is 9.21 Å². The molecule has 0 amide bonds. The second-order valence-corrected chi connectivity index (χ2v) is 7.34. The minimum absolute atomic E-state index is 0.0454. The summed E-state index contributed by atoms with van der Waals surface area (Å²) < 4.78 is 27.2. The molecule has 1 aromatic carbocycles. The maximum absolute atomic E-state index is 12.8. The van der Waals surface area contributed by atoms with Crippen molar-refractivity contribution < 1.29 is 13.5 Å². The quantitative estimate of drug-likeness (QED) is 0.897. The van der Waals surface area contributed by atoms with Crippen LogP contribution in [0, 0.1) is 6.92 Å². The lowest BCUT2D eigenvalue weighted by atomic mass is 10.2. The summed E-state index contributed by atoms with van der Waals surface area (Å²) in [5.41, 5.74) is 1.34. The van der Waals surface area contributed by atoms with Gasteiger partial charge in [-0.25, -0.2) is 8.42 Å². The van der Waals surface area contributed by atoms with Crippen LogP contribution in [-0.2, 0) is 16.6 Å². The van der Waals surface area contributed by atoms with Gasteiger partial charge in [-0.05, 0) is 38.1 Å². The first-order chi connectivity index (χ1) is 9.36. The van der Waals surface area contributed by atoms with E-state index in [9.17, 15) is 13.5 Å². The Morgan fingerprint density at radius 2 is 2.05 bits per heavy atom. The van der Waals surface area contributed by atoms with E-state index in [1.807, 2.05) is 14.0 Å². The molecule has 1 aliphatic heterocycles. The van der Waals surface area contributed by atoms with Crippen LogP contribution >= 0.6 is 0 Å². The molecule has 1 atom stereocenters. The van der Waals surface area contributed by atoms with Crippen LogP contribution in [-0.4, -0.2) is 55.5 Å². The zero-order valence-corrected chi connectivity index (χ0v) is 13.0. The molecule has 1 heterocycles. The Balaban J connectivity index is 2.40. The number of sulfonamides is 1. The Labute approximate surface area is 120 Å². The summed E-state index contributed by atoms with van der Waals surface area (Å²) >= 11 is 0. The topological polar surface area (TPSA) is 60.9 Å². The lowest BCUT2D eigenvalue weighted by Gasteiger charge is -2.37. The van der Waals surface area contributed by atoms with Crippen LogP contribution in [0.5, 0.6) is 0 Å². The summed E-state index contributed by atoms with van der Waals surface area (Å²) in [6.45, 7) is 5.54. The lowest BCUT2D eigenvalue weighted by molar-refractivity contribution is 0.170. The van der Waals surface area contributed by atoms with Crippen LogP contribution < -0.4 is 0 Å². The summed E-state index contributed by atoms with van der Waals surface area (Å²) in [5.74, 6) is 0. The van der Waals surface area contributed by atoms with E-state index in [1.165, 1.54) is 0 Å². The van der Waals surface area contributed by atoms with Crippen LogP contribution in [0.25, 0.3) is 0 Å². The number of piperazine rings is 1. The number of aryl methyl sites for hydroxylation is 1. The molecule has 0 aliphatic carbocycles. The molecule has 0 radical (unpaired) electrons. The fourth-order valence-electron chi connectivity index (χ4n) is 2.63. The first-order valence-electron chi connectivity index (χ1n) is 6.77. The predicted octanol–water partition coefficient (Wildman–Crippen LogP) is 0.812. The highest BCUT2D eigenvalue weighted by molar-refractivity contribution is 7.89. The van der Waals surface area contributed by atoms with Gasteiger partial charge < -0.3 is 10.0 Å². The second-order valence-electron chi connectivity index (χ2n) is 5.48. The molecule has 1 fully saturated rings. The van der Waals surface area contributed by atoms with Gasteiger partial charge in [0.2, 0.25) is 10.0 Å². The Bertz CT molecular complexity index is 586. The zero-order chi connectivity index (χ0) is 14.9. The van der Waals surface area contributed by atoms with Gasteiger partial charge in [0.1, 0.15) is 0 Å². The molecule has 112 valence electrons. The maximum Gasteiger partial charge on any atom is 0.243 e. The molecule has 1 saturated heterocycles.